The Labute approximate surface area is 175 Å². The molecule has 1 aromatic carbocycles. The van der Waals surface area contributed by atoms with Crippen molar-refractivity contribution in [2.24, 2.45) is 4.99 Å². The number of nitrogens with zero attached hydrogens (tertiary/aromatic N) is 3. The molecule has 0 saturated carbocycles. The number of thiophene rings is 1. The summed E-state index contributed by atoms with van der Waals surface area (Å²) in [6.45, 7) is 5.22. The van der Waals surface area contributed by atoms with Crippen LogP contribution >= 0.6 is 35.3 Å². The molecule has 5 nitrogen and oxygen atoms in total. The normalized spacial score (nSPS) is 11.0. The molecule has 3 aromatic rings. The second-order valence-corrected chi connectivity index (χ2v) is 6.51. The maximum atomic E-state index is 4.63. The average molecular weight is 481 g/mol. The summed E-state index contributed by atoms with van der Waals surface area (Å²) in [7, 11) is 0. The first-order valence-corrected chi connectivity index (χ1v) is 9.34. The predicted octanol–water partition coefficient (Wildman–Crippen LogP) is 3.87. The highest BCUT2D eigenvalue weighted by molar-refractivity contribution is 14.0. The first-order chi connectivity index (χ1) is 12.3. The molecule has 3 rings (SSSR count). The first kappa shape index (κ1) is 20.4. The van der Waals surface area contributed by atoms with Gasteiger partial charge in [-0.15, -0.1) is 24.0 Å². The van der Waals surface area contributed by atoms with Gasteiger partial charge in [-0.1, -0.05) is 24.3 Å². The summed E-state index contributed by atoms with van der Waals surface area (Å²) in [5.41, 5.74) is 3.74. The highest BCUT2D eigenvalue weighted by Crippen LogP contribution is 2.08. The van der Waals surface area contributed by atoms with Gasteiger partial charge in [-0.25, -0.2) is 9.98 Å². The smallest absolute Gasteiger partial charge is 0.191 e. The van der Waals surface area contributed by atoms with Crippen LogP contribution in [0.3, 0.4) is 0 Å². The maximum Gasteiger partial charge on any atom is 0.191 e. The van der Waals surface area contributed by atoms with Gasteiger partial charge in [0.2, 0.25) is 0 Å². The summed E-state index contributed by atoms with van der Waals surface area (Å²) < 4.78 is 2.06. The number of halogens is 1. The predicted molar refractivity (Wildman–Crippen MR) is 119 cm³/mol. The summed E-state index contributed by atoms with van der Waals surface area (Å²) in [5, 5.41) is 10.9. The minimum atomic E-state index is 0. The lowest BCUT2D eigenvalue weighted by molar-refractivity contribution is 0.793. The van der Waals surface area contributed by atoms with Crippen LogP contribution < -0.4 is 10.6 Å². The van der Waals surface area contributed by atoms with Gasteiger partial charge in [-0.3, -0.25) is 0 Å². The summed E-state index contributed by atoms with van der Waals surface area (Å²) >= 11 is 1.70. The van der Waals surface area contributed by atoms with Crippen molar-refractivity contribution in [3.8, 4) is 0 Å². The Morgan fingerprint density at radius 1 is 1.12 bits per heavy atom. The van der Waals surface area contributed by atoms with E-state index in [9.17, 15) is 0 Å². The molecule has 0 aliphatic carbocycles. The van der Waals surface area contributed by atoms with Crippen LogP contribution in [0.5, 0.6) is 0 Å². The second kappa shape index (κ2) is 11.0. The van der Waals surface area contributed by atoms with Crippen LogP contribution in [0.15, 0.2) is 64.8 Å². The van der Waals surface area contributed by atoms with Crippen molar-refractivity contribution in [3.05, 3.63) is 76.5 Å². The summed E-state index contributed by atoms with van der Waals surface area (Å²) in [4.78, 5) is 8.70. The van der Waals surface area contributed by atoms with E-state index in [0.717, 1.165) is 25.6 Å². The molecule has 2 aromatic heterocycles. The molecule has 7 heteroatoms. The Morgan fingerprint density at radius 3 is 2.58 bits per heavy atom. The Morgan fingerprint density at radius 2 is 1.92 bits per heavy atom. The SMILES string of the molecule is CCNC(=NCc1ccsc1)NCc1ccc(Cn2ccnc2)cc1.I. The molecule has 0 radical (unpaired) electrons. The van der Waals surface area contributed by atoms with E-state index in [1.165, 1.54) is 16.7 Å². The van der Waals surface area contributed by atoms with Gasteiger partial charge in [0.05, 0.1) is 12.9 Å². The van der Waals surface area contributed by atoms with Crippen molar-refractivity contribution in [1.82, 2.24) is 20.2 Å². The van der Waals surface area contributed by atoms with E-state index < -0.39 is 0 Å². The quantitative estimate of drug-likeness (QED) is 0.306. The Bertz CT molecular complexity index is 767. The molecule has 0 aliphatic rings. The van der Waals surface area contributed by atoms with Gasteiger partial charge < -0.3 is 15.2 Å². The van der Waals surface area contributed by atoms with Gasteiger partial charge in [0.1, 0.15) is 0 Å². The molecule has 0 spiro atoms. The zero-order valence-electron chi connectivity index (χ0n) is 14.8. The monoisotopic (exact) mass is 481 g/mol. The number of hydrogen-bond acceptors (Lipinski definition) is 3. The number of imidazole rings is 1. The lowest BCUT2D eigenvalue weighted by atomic mass is 10.1. The molecule has 0 aliphatic heterocycles. The number of nitrogens with one attached hydrogen (secondary N) is 2. The van der Waals surface area contributed by atoms with Crippen molar-refractivity contribution in [1.29, 1.82) is 0 Å². The first-order valence-electron chi connectivity index (χ1n) is 8.40. The molecule has 0 amide bonds. The van der Waals surface area contributed by atoms with Crippen LogP contribution in [0, 0.1) is 0 Å². The highest BCUT2D eigenvalue weighted by Gasteiger charge is 2.00. The van der Waals surface area contributed by atoms with Crippen LogP contribution in [0.25, 0.3) is 0 Å². The van der Waals surface area contributed by atoms with Crippen LogP contribution in [0.1, 0.15) is 23.6 Å². The molecule has 0 atom stereocenters. The molecule has 0 unspecified atom stereocenters. The molecular formula is C19H24IN5S. The van der Waals surface area contributed by atoms with Crippen molar-refractivity contribution in [3.63, 3.8) is 0 Å². The van der Waals surface area contributed by atoms with E-state index in [1.54, 1.807) is 17.5 Å². The molecule has 2 heterocycles. The van der Waals surface area contributed by atoms with Gasteiger partial charge in [0.25, 0.3) is 0 Å². The molecule has 2 N–H and O–H groups in total. The van der Waals surface area contributed by atoms with Crippen molar-refractivity contribution >= 4 is 41.3 Å². The zero-order chi connectivity index (χ0) is 17.3. The van der Waals surface area contributed by atoms with E-state index >= 15 is 0 Å². The van der Waals surface area contributed by atoms with Gasteiger partial charge in [-0.05, 0) is 40.4 Å². The third-order valence-electron chi connectivity index (χ3n) is 3.75. The lowest BCUT2D eigenvalue weighted by Gasteiger charge is -2.11. The molecular weight excluding hydrogens is 457 g/mol. The van der Waals surface area contributed by atoms with E-state index in [0.29, 0.717) is 6.54 Å². The second-order valence-electron chi connectivity index (χ2n) is 5.73. The summed E-state index contributed by atoms with van der Waals surface area (Å²) in [5.74, 6) is 0.844. The number of benzene rings is 1. The zero-order valence-corrected chi connectivity index (χ0v) is 17.9. The number of guanidine groups is 1. The van der Waals surface area contributed by atoms with Gasteiger partial charge in [0.15, 0.2) is 5.96 Å². The van der Waals surface area contributed by atoms with Crippen molar-refractivity contribution in [2.75, 3.05) is 6.54 Å². The Kier molecular flexibility index (Phi) is 8.63. The number of rotatable bonds is 7. The third kappa shape index (κ3) is 6.45. The molecule has 0 bridgehead atoms. The molecule has 138 valence electrons. The Balaban J connectivity index is 0.00000243. The standard InChI is InChI=1S/C19H23N5S.HI/c1-2-21-19(23-12-18-7-10-25-14-18)22-11-16-3-5-17(6-4-16)13-24-9-8-20-15-24;/h3-10,14-15H,2,11-13H2,1H3,(H2,21,22,23);1H. The average Bonchev–Trinajstić information content (AvgIpc) is 3.32. The lowest BCUT2D eigenvalue weighted by Crippen LogP contribution is -2.36. The third-order valence-corrected chi connectivity index (χ3v) is 4.48. The maximum absolute atomic E-state index is 4.63. The van der Waals surface area contributed by atoms with Crippen LogP contribution in [-0.4, -0.2) is 22.1 Å². The van der Waals surface area contributed by atoms with Crippen molar-refractivity contribution in [2.45, 2.75) is 26.6 Å². The fourth-order valence-electron chi connectivity index (χ4n) is 2.43. The Hall–Kier alpha value is -1.87. The summed E-state index contributed by atoms with van der Waals surface area (Å²) in [6.07, 6.45) is 5.61. The van der Waals surface area contributed by atoms with Crippen molar-refractivity contribution < 1.29 is 0 Å². The van der Waals surface area contributed by atoms with Gasteiger partial charge in [-0.2, -0.15) is 11.3 Å². The van der Waals surface area contributed by atoms with E-state index in [4.69, 9.17) is 0 Å². The van der Waals surface area contributed by atoms with Crippen LogP contribution in [-0.2, 0) is 19.6 Å². The fraction of sp³-hybridized carbons (Fsp3) is 0.263. The highest BCUT2D eigenvalue weighted by atomic mass is 127. The van der Waals surface area contributed by atoms with Gasteiger partial charge >= 0.3 is 0 Å². The number of hydrogen-bond donors (Lipinski definition) is 2. The van der Waals surface area contributed by atoms with E-state index in [-0.39, 0.29) is 24.0 Å². The number of aliphatic imine (C=N–C) groups is 1. The topological polar surface area (TPSA) is 54.2 Å². The largest absolute Gasteiger partial charge is 0.357 e. The molecule has 26 heavy (non-hydrogen) atoms. The van der Waals surface area contributed by atoms with Crippen LogP contribution in [0.2, 0.25) is 0 Å². The van der Waals surface area contributed by atoms with Crippen LogP contribution in [0.4, 0.5) is 0 Å². The molecule has 0 saturated heterocycles. The summed E-state index contributed by atoms with van der Waals surface area (Å²) in [6, 6.07) is 10.7. The minimum Gasteiger partial charge on any atom is -0.357 e. The molecule has 0 fully saturated rings. The number of aromatic nitrogens is 2. The van der Waals surface area contributed by atoms with E-state index in [1.807, 2.05) is 12.5 Å². The van der Waals surface area contributed by atoms with E-state index in [2.05, 4.69) is 73.2 Å². The fourth-order valence-corrected chi connectivity index (χ4v) is 3.09. The minimum absolute atomic E-state index is 0. The van der Waals surface area contributed by atoms with Gasteiger partial charge in [0, 0.05) is 32.0 Å².